The zero-order valence-corrected chi connectivity index (χ0v) is 34.4. The molecule has 0 bridgehead atoms. The molecule has 0 fully saturated rings. The second-order valence-corrected chi connectivity index (χ2v) is 15.8. The summed E-state index contributed by atoms with van der Waals surface area (Å²) in [5, 5.41) is 4.42. The summed E-state index contributed by atoms with van der Waals surface area (Å²) in [4.78, 5) is 20.4. The molecule has 0 unspecified atom stereocenters. The zero-order chi connectivity index (χ0) is 48.2. The fourth-order valence-corrected chi connectivity index (χ4v) is 9.59. The van der Waals surface area contributed by atoms with Crippen molar-refractivity contribution >= 4 is 71.1 Å². The lowest BCUT2D eigenvalue weighted by molar-refractivity contribution is 1.05. The Bertz CT molecular complexity index is 4200. The minimum absolute atomic E-state index is 0.224. The largest absolute Gasteiger partial charge is 0.319 e. The summed E-state index contributed by atoms with van der Waals surface area (Å²) in [5.41, 5.74) is 7.90. The molecule has 0 saturated carbocycles. The van der Waals surface area contributed by atoms with Crippen LogP contribution in [0.2, 0.25) is 0 Å². The van der Waals surface area contributed by atoms with E-state index < -0.39 is 0 Å². The summed E-state index contributed by atoms with van der Waals surface area (Å²) in [6.45, 7) is 9.44. The van der Waals surface area contributed by atoms with E-state index >= 15 is 0 Å². The minimum Gasteiger partial charge on any atom is -0.319 e. The SMILES string of the molecule is [2H]c1ccc2c(c1)c1cc([2H])ccc1n2-c1cc(-n2c3ccc([2H])cc3c3cc([2H])ccc32)c(-c2nc(-c3ccccc3)nc(-c3ccccc3)n2)c(-n2c3ccc([2H])cc3c3cc([2H])ccc32)c1[N+]#[C-]. The molecule has 13 aromatic rings. The van der Waals surface area contributed by atoms with Gasteiger partial charge < -0.3 is 13.7 Å². The third-order valence-electron chi connectivity index (χ3n) is 12.3. The van der Waals surface area contributed by atoms with Crippen molar-refractivity contribution in [2.75, 3.05) is 0 Å². The second kappa shape index (κ2) is 14.5. The first-order valence-electron chi connectivity index (χ1n) is 24.1. The number of rotatable bonds is 6. The first-order chi connectivity index (χ1) is 34.6. The molecule has 4 heterocycles. The smallest absolute Gasteiger partial charge is 0.234 e. The van der Waals surface area contributed by atoms with Crippen LogP contribution in [0.1, 0.15) is 8.22 Å². The highest BCUT2D eigenvalue weighted by Crippen LogP contribution is 2.49. The molecule has 7 heteroatoms. The summed E-state index contributed by atoms with van der Waals surface area (Å²) in [6, 6.07) is 55.6. The summed E-state index contributed by atoms with van der Waals surface area (Å²) in [5.74, 6) is 1.06. The van der Waals surface area contributed by atoms with Crippen LogP contribution in [0.5, 0.6) is 0 Å². The molecule has 0 radical (unpaired) electrons. The van der Waals surface area contributed by atoms with Crippen molar-refractivity contribution in [3.05, 3.63) is 224 Å². The second-order valence-electron chi connectivity index (χ2n) is 15.8. The van der Waals surface area contributed by atoms with Gasteiger partial charge in [0.05, 0.1) is 70.5 Å². The van der Waals surface area contributed by atoms with Gasteiger partial charge in [-0.05, 0) is 42.5 Å². The highest BCUT2D eigenvalue weighted by Gasteiger charge is 2.31. The van der Waals surface area contributed by atoms with Gasteiger partial charge in [-0.25, -0.2) is 19.8 Å². The molecule has 7 nitrogen and oxygen atoms in total. The van der Waals surface area contributed by atoms with Crippen LogP contribution in [0.4, 0.5) is 5.69 Å². The van der Waals surface area contributed by atoms with Crippen molar-refractivity contribution in [1.29, 1.82) is 0 Å². The van der Waals surface area contributed by atoms with Crippen LogP contribution in [0, 0.1) is 6.57 Å². The van der Waals surface area contributed by atoms with Gasteiger partial charge in [0.2, 0.25) is 5.69 Å². The predicted molar refractivity (Wildman–Crippen MR) is 265 cm³/mol. The quantitative estimate of drug-likeness (QED) is 0.157. The lowest BCUT2D eigenvalue weighted by Gasteiger charge is -2.24. The standard InChI is InChI=1S/C58H35N7/c1-59-54-52(64-47-32-16-10-26-41(47)42-27-11-17-33-48(42)64)36-51(63-45-30-14-8-24-39(45)40-25-9-15-31-46(40)63)53(55(54)65-49-34-18-12-28-43(49)44-29-13-19-35-50(44)65)58-61-56(37-20-4-2-5-21-37)60-57(62-58)38-22-6-3-7-23-38/h2-36H/i8D,9D,10D,11D,12D,13D. The number of benzene rings is 9. The molecule has 0 atom stereocenters. The van der Waals surface area contributed by atoms with Crippen molar-refractivity contribution in [2.24, 2.45) is 0 Å². The molecule has 4 aromatic heterocycles. The average molecular weight is 836 g/mol. The zero-order valence-electron chi connectivity index (χ0n) is 40.4. The first kappa shape index (κ1) is 30.8. The van der Waals surface area contributed by atoms with E-state index in [0.29, 0.717) is 91.3 Å². The van der Waals surface area contributed by atoms with E-state index in [4.69, 9.17) is 23.2 Å². The predicted octanol–water partition coefficient (Wildman–Crippen LogP) is 14.7. The Hall–Kier alpha value is -9.12. The number of nitrogens with zero attached hydrogens (tertiary/aromatic N) is 7. The summed E-state index contributed by atoms with van der Waals surface area (Å²) < 4.78 is 58.9. The fraction of sp³-hybridized carbons (Fsp3) is 0. The molecule has 0 saturated heterocycles. The third-order valence-corrected chi connectivity index (χ3v) is 12.3. The number of hydrogen-bond donors (Lipinski definition) is 0. The average Bonchev–Trinajstić information content (AvgIpc) is 3.99. The van der Waals surface area contributed by atoms with E-state index in [0.717, 1.165) is 43.7 Å². The lowest BCUT2D eigenvalue weighted by Crippen LogP contribution is -2.10. The Morgan fingerprint density at radius 2 is 0.708 bits per heavy atom. The first-order valence-corrected chi connectivity index (χ1v) is 21.1. The molecule has 0 aliphatic heterocycles. The van der Waals surface area contributed by atoms with Gasteiger partial charge >= 0.3 is 0 Å². The molecule has 0 amide bonds. The molecule has 0 N–H and O–H groups in total. The lowest BCUT2D eigenvalue weighted by atomic mass is 10.0. The molecule has 302 valence electrons. The van der Waals surface area contributed by atoms with Crippen molar-refractivity contribution in [2.45, 2.75) is 0 Å². The Kier molecular flexibility index (Phi) is 6.87. The molecular weight excluding hydrogens is 795 g/mol. The Morgan fingerprint density at radius 1 is 0.369 bits per heavy atom. The summed E-state index contributed by atoms with van der Waals surface area (Å²) >= 11 is 0. The normalized spacial score (nSPS) is 13.0. The highest BCUT2D eigenvalue weighted by atomic mass is 15.1. The van der Waals surface area contributed by atoms with Crippen molar-refractivity contribution in [3.63, 3.8) is 0 Å². The maximum atomic E-state index is 9.44. The molecule has 0 aliphatic carbocycles. The van der Waals surface area contributed by atoms with Crippen LogP contribution in [0.3, 0.4) is 0 Å². The highest BCUT2D eigenvalue weighted by molar-refractivity contribution is 6.14. The van der Waals surface area contributed by atoms with Crippen molar-refractivity contribution in [1.82, 2.24) is 28.7 Å². The van der Waals surface area contributed by atoms with Crippen LogP contribution in [0.25, 0.3) is 121 Å². The third kappa shape index (κ3) is 5.51. The van der Waals surface area contributed by atoms with Crippen molar-refractivity contribution in [3.8, 4) is 51.2 Å². The summed E-state index contributed by atoms with van der Waals surface area (Å²) in [7, 11) is 0. The molecule has 65 heavy (non-hydrogen) atoms. The molecule has 9 aromatic carbocycles. The number of hydrogen-bond acceptors (Lipinski definition) is 3. The van der Waals surface area contributed by atoms with Crippen molar-refractivity contribution < 1.29 is 8.22 Å². The monoisotopic (exact) mass is 835 g/mol. The van der Waals surface area contributed by atoms with E-state index in [1.165, 1.54) is 0 Å². The maximum absolute atomic E-state index is 9.44. The molecule has 13 rings (SSSR count). The van der Waals surface area contributed by atoms with Gasteiger partial charge in [-0.15, -0.1) is 0 Å². The van der Waals surface area contributed by atoms with E-state index in [9.17, 15) is 6.57 Å². The molecule has 0 aliphatic rings. The Morgan fingerprint density at radius 3 is 1.08 bits per heavy atom. The fourth-order valence-electron chi connectivity index (χ4n) is 9.59. The van der Waals surface area contributed by atoms with Crippen LogP contribution in [-0.2, 0) is 0 Å². The Balaban J connectivity index is 1.32. The van der Waals surface area contributed by atoms with Gasteiger partial charge in [-0.3, -0.25) is 0 Å². The van der Waals surface area contributed by atoms with Gasteiger partial charge in [0.25, 0.3) is 0 Å². The van der Waals surface area contributed by atoms with E-state index in [2.05, 4.69) is 9.41 Å². The van der Waals surface area contributed by atoms with E-state index in [1.807, 2.05) is 112 Å². The topological polar surface area (TPSA) is 57.8 Å². The van der Waals surface area contributed by atoms with E-state index in [1.54, 1.807) is 72.8 Å². The molecular formula is C58H35N7. The van der Waals surface area contributed by atoms with Gasteiger partial charge in [-0.1, -0.05) is 170 Å². The maximum Gasteiger partial charge on any atom is 0.234 e. The van der Waals surface area contributed by atoms with Gasteiger partial charge in [0.1, 0.15) is 0 Å². The summed E-state index contributed by atoms with van der Waals surface area (Å²) in [6.07, 6.45) is 0. The number of aromatic nitrogens is 6. The number of para-hydroxylation sites is 6. The minimum atomic E-state index is 0.224. The van der Waals surface area contributed by atoms with Crippen LogP contribution < -0.4 is 0 Å². The van der Waals surface area contributed by atoms with E-state index in [-0.39, 0.29) is 23.6 Å². The van der Waals surface area contributed by atoms with Gasteiger partial charge in [0.15, 0.2) is 17.5 Å². The van der Waals surface area contributed by atoms with Gasteiger partial charge in [0, 0.05) is 43.4 Å². The molecule has 0 spiro atoms. The van der Waals surface area contributed by atoms with Crippen LogP contribution in [-0.4, -0.2) is 28.7 Å². The van der Waals surface area contributed by atoms with Gasteiger partial charge in [-0.2, -0.15) is 0 Å². The number of fused-ring (bicyclic) bond motifs is 9. The van der Waals surface area contributed by atoms with Crippen LogP contribution in [0.15, 0.2) is 212 Å². The Labute approximate surface area is 381 Å². The van der Waals surface area contributed by atoms with Crippen LogP contribution >= 0.6 is 0 Å².